The molecule has 0 aromatic heterocycles. The van der Waals surface area contributed by atoms with Crippen LogP contribution in [0.2, 0.25) is 10.0 Å². The third kappa shape index (κ3) is 4.41. The molecule has 1 N–H and O–H groups in total. The number of carbonyl (C=O) groups is 1. The number of rotatable bonds is 3. The third-order valence-corrected chi connectivity index (χ3v) is 2.96. The van der Waals surface area contributed by atoms with Crippen molar-refractivity contribution in [2.75, 3.05) is 0 Å². The fourth-order valence-electron chi connectivity index (χ4n) is 1.38. The highest BCUT2D eigenvalue weighted by atomic mass is 35.5. The first-order valence-corrected chi connectivity index (χ1v) is 6.06. The first kappa shape index (κ1) is 14.1. The van der Waals surface area contributed by atoms with Crippen molar-refractivity contribution in [1.29, 1.82) is 0 Å². The maximum absolute atomic E-state index is 11.5. The Kier molecular flexibility index (Phi) is 5.03. The zero-order valence-corrected chi connectivity index (χ0v) is 11.6. The summed E-state index contributed by atoms with van der Waals surface area (Å²) >= 11 is 11.8. The zero-order chi connectivity index (χ0) is 13.0. The van der Waals surface area contributed by atoms with E-state index in [1.165, 1.54) is 0 Å². The van der Waals surface area contributed by atoms with Gasteiger partial charge in [-0.2, -0.15) is 0 Å². The van der Waals surface area contributed by atoms with Crippen LogP contribution >= 0.6 is 23.2 Å². The Morgan fingerprint density at radius 1 is 1.29 bits per heavy atom. The number of benzene rings is 1. The number of hydrogen-bond acceptors (Lipinski definition) is 1. The van der Waals surface area contributed by atoms with Crippen LogP contribution < -0.4 is 5.32 Å². The minimum absolute atomic E-state index is 0.104. The summed E-state index contributed by atoms with van der Waals surface area (Å²) in [6.45, 7) is 5.66. The smallest absolute Gasteiger partial charge is 0.244 e. The summed E-state index contributed by atoms with van der Waals surface area (Å²) in [7, 11) is 0. The SMILES string of the molecule is CC(C)=CC(=O)N[C@H](C)c1ccc(Cl)c(Cl)c1. The van der Waals surface area contributed by atoms with Crippen molar-refractivity contribution in [2.45, 2.75) is 26.8 Å². The van der Waals surface area contributed by atoms with Gasteiger partial charge >= 0.3 is 0 Å². The van der Waals surface area contributed by atoms with Gasteiger partial charge in [-0.25, -0.2) is 0 Å². The van der Waals surface area contributed by atoms with Gasteiger partial charge in [0.25, 0.3) is 0 Å². The van der Waals surface area contributed by atoms with Crippen LogP contribution in [0.1, 0.15) is 32.4 Å². The predicted molar refractivity (Wildman–Crippen MR) is 72.5 cm³/mol. The third-order valence-electron chi connectivity index (χ3n) is 2.22. The molecular formula is C13H15Cl2NO. The molecule has 1 rings (SSSR count). The van der Waals surface area contributed by atoms with Crippen LogP contribution in [0.4, 0.5) is 0 Å². The molecule has 2 nitrogen and oxygen atoms in total. The molecule has 1 aromatic rings. The quantitative estimate of drug-likeness (QED) is 0.823. The minimum atomic E-state index is -0.108. The molecular weight excluding hydrogens is 257 g/mol. The molecule has 17 heavy (non-hydrogen) atoms. The van der Waals surface area contributed by atoms with Crippen molar-refractivity contribution in [3.63, 3.8) is 0 Å². The summed E-state index contributed by atoms with van der Waals surface area (Å²) in [5.41, 5.74) is 1.89. The fraction of sp³-hybridized carbons (Fsp3) is 0.308. The van der Waals surface area contributed by atoms with Gasteiger partial charge in [0, 0.05) is 6.08 Å². The number of hydrogen-bond donors (Lipinski definition) is 1. The molecule has 0 aliphatic carbocycles. The summed E-state index contributed by atoms with van der Waals surface area (Å²) in [5.74, 6) is -0.108. The van der Waals surface area contributed by atoms with Gasteiger partial charge in [-0.15, -0.1) is 0 Å². The summed E-state index contributed by atoms with van der Waals surface area (Å²) in [6, 6.07) is 5.23. The van der Waals surface area contributed by atoms with E-state index in [-0.39, 0.29) is 11.9 Å². The molecule has 0 aliphatic heterocycles. The molecule has 1 atom stereocenters. The lowest BCUT2D eigenvalue weighted by atomic mass is 10.1. The highest BCUT2D eigenvalue weighted by molar-refractivity contribution is 6.42. The second kappa shape index (κ2) is 6.08. The molecule has 0 unspecified atom stereocenters. The zero-order valence-electron chi connectivity index (χ0n) is 10.1. The minimum Gasteiger partial charge on any atom is -0.346 e. The molecule has 4 heteroatoms. The van der Waals surface area contributed by atoms with Gasteiger partial charge in [-0.3, -0.25) is 4.79 Å². The highest BCUT2D eigenvalue weighted by Gasteiger charge is 2.09. The molecule has 0 saturated carbocycles. The molecule has 0 bridgehead atoms. The average molecular weight is 272 g/mol. The highest BCUT2D eigenvalue weighted by Crippen LogP contribution is 2.25. The first-order valence-electron chi connectivity index (χ1n) is 5.30. The summed E-state index contributed by atoms with van der Waals surface area (Å²) < 4.78 is 0. The van der Waals surface area contributed by atoms with Crippen LogP contribution in [0.15, 0.2) is 29.8 Å². The number of allylic oxidation sites excluding steroid dienone is 1. The second-order valence-corrected chi connectivity index (χ2v) is 4.94. The van der Waals surface area contributed by atoms with Gasteiger partial charge in [-0.1, -0.05) is 34.8 Å². The lowest BCUT2D eigenvalue weighted by Gasteiger charge is -2.13. The number of amides is 1. The van der Waals surface area contributed by atoms with Crippen LogP contribution in [0, 0.1) is 0 Å². The molecule has 0 heterocycles. The van der Waals surface area contributed by atoms with Crippen LogP contribution in [-0.4, -0.2) is 5.91 Å². The van der Waals surface area contributed by atoms with Gasteiger partial charge in [0.15, 0.2) is 0 Å². The van der Waals surface area contributed by atoms with Gasteiger partial charge in [-0.05, 0) is 38.5 Å². The monoisotopic (exact) mass is 271 g/mol. The van der Waals surface area contributed by atoms with E-state index in [1.54, 1.807) is 18.2 Å². The Balaban J connectivity index is 2.76. The predicted octanol–water partition coefficient (Wildman–Crippen LogP) is 4.14. The number of carbonyl (C=O) groups excluding carboxylic acids is 1. The van der Waals surface area contributed by atoms with E-state index >= 15 is 0 Å². The first-order chi connectivity index (χ1) is 7.90. The largest absolute Gasteiger partial charge is 0.346 e. The van der Waals surface area contributed by atoms with Crippen LogP contribution in [0.5, 0.6) is 0 Å². The Bertz CT molecular complexity index is 451. The van der Waals surface area contributed by atoms with E-state index in [2.05, 4.69) is 5.32 Å². The number of halogens is 2. The molecule has 0 fully saturated rings. The van der Waals surface area contributed by atoms with Crippen LogP contribution in [-0.2, 0) is 4.79 Å². The van der Waals surface area contributed by atoms with E-state index in [9.17, 15) is 4.79 Å². The molecule has 0 aliphatic rings. The van der Waals surface area contributed by atoms with Gasteiger partial charge in [0.2, 0.25) is 5.91 Å². The normalized spacial score (nSPS) is 11.8. The van der Waals surface area contributed by atoms with Gasteiger partial charge < -0.3 is 5.32 Å². The standard InChI is InChI=1S/C13H15Cl2NO/c1-8(2)6-13(17)16-9(3)10-4-5-11(14)12(15)7-10/h4-7,9H,1-3H3,(H,16,17)/t9-/m1/s1. The summed E-state index contributed by atoms with van der Waals surface area (Å²) in [5, 5.41) is 3.86. The van der Waals surface area contributed by atoms with E-state index in [1.807, 2.05) is 26.8 Å². The van der Waals surface area contributed by atoms with Crippen molar-refractivity contribution < 1.29 is 4.79 Å². The maximum atomic E-state index is 11.5. The van der Waals surface area contributed by atoms with Crippen molar-refractivity contribution in [3.8, 4) is 0 Å². The summed E-state index contributed by atoms with van der Waals surface area (Å²) in [6.07, 6.45) is 1.56. The Morgan fingerprint density at radius 3 is 2.47 bits per heavy atom. The maximum Gasteiger partial charge on any atom is 0.244 e. The molecule has 92 valence electrons. The van der Waals surface area contributed by atoms with Crippen molar-refractivity contribution in [3.05, 3.63) is 45.5 Å². The average Bonchev–Trinajstić information content (AvgIpc) is 2.20. The lowest BCUT2D eigenvalue weighted by molar-refractivity contribution is -0.117. The molecule has 1 aromatic carbocycles. The van der Waals surface area contributed by atoms with Gasteiger partial charge in [0.1, 0.15) is 0 Å². The molecule has 0 radical (unpaired) electrons. The fourth-order valence-corrected chi connectivity index (χ4v) is 1.69. The number of nitrogens with one attached hydrogen (secondary N) is 1. The second-order valence-electron chi connectivity index (χ2n) is 4.13. The van der Waals surface area contributed by atoms with Crippen molar-refractivity contribution in [1.82, 2.24) is 5.32 Å². The Morgan fingerprint density at radius 2 is 1.94 bits per heavy atom. The van der Waals surface area contributed by atoms with Crippen LogP contribution in [0.3, 0.4) is 0 Å². The van der Waals surface area contributed by atoms with E-state index in [0.717, 1.165) is 11.1 Å². The van der Waals surface area contributed by atoms with E-state index in [0.29, 0.717) is 10.0 Å². The molecule has 0 saturated heterocycles. The molecule has 1 amide bonds. The Labute approximate surface area is 112 Å². The van der Waals surface area contributed by atoms with E-state index in [4.69, 9.17) is 23.2 Å². The Hall–Kier alpha value is -0.990. The lowest BCUT2D eigenvalue weighted by Crippen LogP contribution is -2.24. The van der Waals surface area contributed by atoms with Crippen molar-refractivity contribution >= 4 is 29.1 Å². The van der Waals surface area contributed by atoms with Crippen LogP contribution in [0.25, 0.3) is 0 Å². The van der Waals surface area contributed by atoms with Crippen molar-refractivity contribution in [2.24, 2.45) is 0 Å². The van der Waals surface area contributed by atoms with E-state index < -0.39 is 0 Å². The van der Waals surface area contributed by atoms with Gasteiger partial charge in [0.05, 0.1) is 16.1 Å². The topological polar surface area (TPSA) is 29.1 Å². The molecule has 0 spiro atoms. The summed E-state index contributed by atoms with van der Waals surface area (Å²) in [4.78, 5) is 11.5.